The van der Waals surface area contributed by atoms with Gasteiger partial charge in [0.1, 0.15) is 11.5 Å². The van der Waals surface area contributed by atoms with E-state index in [1.165, 1.54) is 29.4 Å². The number of carbonyl (C=O) groups excluding carboxylic acids is 1. The van der Waals surface area contributed by atoms with Gasteiger partial charge in [-0.3, -0.25) is 4.79 Å². The number of allylic oxidation sites excluding steroid dienone is 1. The molecule has 7 rings (SSSR count). The van der Waals surface area contributed by atoms with E-state index in [4.69, 9.17) is 18.6 Å². The minimum Gasteiger partial charge on any atom is -0.478 e. The number of furan rings is 1. The first kappa shape index (κ1) is 26.2. The number of carboxylic acids is 1. The van der Waals surface area contributed by atoms with E-state index in [2.05, 4.69) is 6.07 Å². The molecule has 0 bridgehead atoms. The fourth-order valence-electron chi connectivity index (χ4n) is 5.83. The summed E-state index contributed by atoms with van der Waals surface area (Å²) in [4.78, 5) is 42.5. The zero-order chi connectivity index (χ0) is 29.7. The van der Waals surface area contributed by atoms with E-state index < -0.39 is 23.5 Å². The minimum absolute atomic E-state index is 0.0236. The Morgan fingerprint density at radius 3 is 2.44 bits per heavy atom. The monoisotopic (exact) mass is 572 g/mol. The second-order valence-electron chi connectivity index (χ2n) is 10.3. The highest BCUT2D eigenvalue weighted by molar-refractivity contribution is 5.95. The highest BCUT2D eigenvalue weighted by Gasteiger charge is 2.33. The molecule has 212 valence electrons. The SMILES string of the molecule is COC(=O)c1ccc(C2C3=C(N=c4o/c(=C\c5ccc(-c6ccccc6C(=O)O)o5)c(=O)n42)c2ccccc2CC3)cc1. The Bertz CT molecular complexity index is 2150. The zero-order valence-corrected chi connectivity index (χ0v) is 22.9. The molecule has 3 heterocycles. The molecule has 2 aromatic heterocycles. The number of carboxylic acid groups (broad SMARTS) is 1. The van der Waals surface area contributed by atoms with Crippen LogP contribution >= 0.6 is 0 Å². The topological polar surface area (TPSA) is 124 Å². The third-order valence-corrected chi connectivity index (χ3v) is 7.84. The molecule has 43 heavy (non-hydrogen) atoms. The zero-order valence-electron chi connectivity index (χ0n) is 22.9. The summed E-state index contributed by atoms with van der Waals surface area (Å²) >= 11 is 0. The van der Waals surface area contributed by atoms with Crippen molar-refractivity contribution in [2.24, 2.45) is 4.99 Å². The Labute approximate surface area is 244 Å². The fourth-order valence-corrected chi connectivity index (χ4v) is 5.83. The van der Waals surface area contributed by atoms with Crippen LogP contribution in [0.2, 0.25) is 0 Å². The van der Waals surface area contributed by atoms with Crippen molar-refractivity contribution in [1.29, 1.82) is 0 Å². The molecule has 3 aromatic carbocycles. The van der Waals surface area contributed by atoms with E-state index in [1.54, 1.807) is 42.5 Å². The van der Waals surface area contributed by atoms with Crippen LogP contribution < -0.4 is 16.7 Å². The number of benzene rings is 3. The number of nitrogens with zero attached hydrogens (tertiary/aromatic N) is 2. The normalized spacial score (nSPS) is 15.7. The van der Waals surface area contributed by atoms with Crippen LogP contribution in [-0.2, 0) is 11.2 Å². The van der Waals surface area contributed by atoms with Crippen LogP contribution in [0.4, 0.5) is 0 Å². The van der Waals surface area contributed by atoms with Gasteiger partial charge in [0.15, 0.2) is 5.42 Å². The molecule has 9 nitrogen and oxygen atoms in total. The second-order valence-corrected chi connectivity index (χ2v) is 10.3. The summed E-state index contributed by atoms with van der Waals surface area (Å²) in [6, 6.07) is 24.4. The Kier molecular flexibility index (Phi) is 6.27. The number of carbonyl (C=O) groups is 2. The smallest absolute Gasteiger partial charge is 0.337 e. The van der Waals surface area contributed by atoms with Crippen LogP contribution in [0.3, 0.4) is 0 Å². The summed E-state index contributed by atoms with van der Waals surface area (Å²) in [6.07, 6.45) is 2.98. The first-order valence-electron chi connectivity index (χ1n) is 13.7. The average Bonchev–Trinajstić information content (AvgIpc) is 3.63. The molecule has 5 aromatic rings. The van der Waals surface area contributed by atoms with Crippen LogP contribution in [0.15, 0.2) is 109 Å². The molecule has 1 unspecified atom stereocenters. The van der Waals surface area contributed by atoms with Crippen molar-refractivity contribution in [1.82, 2.24) is 4.57 Å². The first-order valence-corrected chi connectivity index (χ1v) is 13.7. The highest BCUT2D eigenvalue weighted by atomic mass is 16.5. The van der Waals surface area contributed by atoms with Crippen molar-refractivity contribution in [2.75, 3.05) is 7.11 Å². The summed E-state index contributed by atoms with van der Waals surface area (Å²) < 4.78 is 18.4. The number of methoxy groups -OCH3 is 1. The number of aromatic nitrogens is 1. The third kappa shape index (κ3) is 4.42. The van der Waals surface area contributed by atoms with Gasteiger partial charge in [0.25, 0.3) is 5.56 Å². The van der Waals surface area contributed by atoms with Gasteiger partial charge >= 0.3 is 17.6 Å². The van der Waals surface area contributed by atoms with E-state index >= 15 is 0 Å². The number of rotatable bonds is 5. The molecule has 0 radical (unpaired) electrons. The predicted molar refractivity (Wildman–Crippen MR) is 156 cm³/mol. The summed E-state index contributed by atoms with van der Waals surface area (Å²) in [5.74, 6) is -0.845. The van der Waals surface area contributed by atoms with Crippen molar-refractivity contribution in [3.05, 3.63) is 146 Å². The minimum atomic E-state index is -1.07. The number of aromatic carboxylic acids is 1. The van der Waals surface area contributed by atoms with Gasteiger partial charge in [0, 0.05) is 17.2 Å². The van der Waals surface area contributed by atoms with Gasteiger partial charge < -0.3 is 18.7 Å². The van der Waals surface area contributed by atoms with Crippen molar-refractivity contribution < 1.29 is 28.3 Å². The largest absolute Gasteiger partial charge is 0.478 e. The number of fused-ring (bicyclic) bond motifs is 3. The number of aryl methyl sites for hydroxylation is 1. The maximum atomic E-state index is 13.9. The first-order chi connectivity index (χ1) is 20.9. The maximum absolute atomic E-state index is 13.9. The van der Waals surface area contributed by atoms with Crippen LogP contribution in [0.1, 0.15) is 55.6 Å². The summed E-state index contributed by atoms with van der Waals surface area (Å²) in [7, 11) is 1.33. The molecular formula is C34H24N2O7. The maximum Gasteiger partial charge on any atom is 0.337 e. The Morgan fingerprint density at radius 2 is 1.67 bits per heavy atom. The van der Waals surface area contributed by atoms with Gasteiger partial charge in [0.2, 0.25) is 0 Å². The summed E-state index contributed by atoms with van der Waals surface area (Å²) in [5, 5.41) is 9.58. The molecule has 0 saturated carbocycles. The van der Waals surface area contributed by atoms with Gasteiger partial charge in [-0.15, -0.1) is 0 Å². The lowest BCUT2D eigenvalue weighted by molar-refractivity contribution is 0.0599. The molecule has 1 aliphatic carbocycles. The number of esters is 1. The molecule has 9 heteroatoms. The van der Waals surface area contributed by atoms with Crippen molar-refractivity contribution >= 4 is 23.7 Å². The van der Waals surface area contributed by atoms with Crippen LogP contribution in [0.25, 0.3) is 23.1 Å². The number of ether oxygens (including phenoxy) is 1. The standard InChI is InChI=1S/C34H24N2O7/c1-41-33(40)21-12-10-20(11-13-21)30-26-16-14-19-6-2-3-7-23(19)29(26)35-34-36(30)31(37)28(43-34)18-22-15-17-27(42-22)24-8-4-5-9-25(24)32(38)39/h2-13,15,17-18,30H,14,16H2,1H3,(H,38,39)/b28-18-. The molecule has 0 fully saturated rings. The Morgan fingerprint density at radius 1 is 0.930 bits per heavy atom. The van der Waals surface area contributed by atoms with Gasteiger partial charge in [0.05, 0.1) is 30.0 Å². The number of hydrogen-bond acceptors (Lipinski definition) is 7. The van der Waals surface area contributed by atoms with Crippen molar-refractivity contribution in [3.63, 3.8) is 0 Å². The molecular weight excluding hydrogens is 548 g/mol. The number of oxazole rings is 1. The van der Waals surface area contributed by atoms with Crippen LogP contribution in [0, 0.1) is 0 Å². The molecule has 0 amide bonds. The molecule has 1 aliphatic heterocycles. The van der Waals surface area contributed by atoms with E-state index in [0.29, 0.717) is 29.1 Å². The van der Waals surface area contributed by atoms with Gasteiger partial charge in [-0.05, 0) is 59.9 Å². The molecule has 0 saturated heterocycles. The lowest BCUT2D eigenvalue weighted by atomic mass is 9.83. The molecule has 2 aliphatic rings. The predicted octanol–water partition coefficient (Wildman–Crippen LogP) is 4.60. The lowest BCUT2D eigenvalue weighted by Gasteiger charge is -2.30. The van der Waals surface area contributed by atoms with Gasteiger partial charge in [-0.25, -0.2) is 14.2 Å². The van der Waals surface area contributed by atoms with E-state index in [9.17, 15) is 19.5 Å². The molecule has 1 N–H and O–H groups in total. The fraction of sp³-hybridized carbons (Fsp3) is 0.118. The van der Waals surface area contributed by atoms with Crippen molar-refractivity contribution in [2.45, 2.75) is 18.9 Å². The molecule has 1 atom stereocenters. The summed E-state index contributed by atoms with van der Waals surface area (Å²) in [5.41, 5.74) is 5.43. The molecule has 0 spiro atoms. The number of hydrogen-bond donors (Lipinski definition) is 1. The van der Waals surface area contributed by atoms with E-state index in [1.807, 2.05) is 30.3 Å². The second kappa shape index (κ2) is 10.3. The van der Waals surface area contributed by atoms with Crippen molar-refractivity contribution in [3.8, 4) is 11.3 Å². The van der Waals surface area contributed by atoms with Gasteiger partial charge in [-0.2, -0.15) is 4.99 Å². The Balaban J connectivity index is 1.38. The Hall–Kier alpha value is -5.70. The van der Waals surface area contributed by atoms with E-state index in [-0.39, 0.29) is 16.7 Å². The third-order valence-electron chi connectivity index (χ3n) is 7.84. The van der Waals surface area contributed by atoms with Gasteiger partial charge in [-0.1, -0.05) is 54.6 Å². The average molecular weight is 573 g/mol. The highest BCUT2D eigenvalue weighted by Crippen LogP contribution is 2.41. The lowest BCUT2D eigenvalue weighted by Crippen LogP contribution is -2.38. The summed E-state index contributed by atoms with van der Waals surface area (Å²) in [6.45, 7) is 0. The quantitative estimate of drug-likeness (QED) is 0.306. The van der Waals surface area contributed by atoms with Crippen LogP contribution in [0.5, 0.6) is 0 Å². The van der Waals surface area contributed by atoms with E-state index in [0.717, 1.165) is 28.8 Å². The van der Waals surface area contributed by atoms with Crippen LogP contribution in [-0.4, -0.2) is 28.7 Å².